The number of likely N-dealkylation sites (tertiary alicyclic amines) is 1. The molecule has 1 aliphatic heterocycles. The average Bonchev–Trinajstić information content (AvgIpc) is 2.42. The second-order valence-electron chi connectivity index (χ2n) is 6.22. The van der Waals surface area contributed by atoms with Gasteiger partial charge in [-0.25, -0.2) is 4.98 Å². The van der Waals surface area contributed by atoms with E-state index in [1.54, 1.807) is 0 Å². The lowest BCUT2D eigenvalue weighted by Gasteiger charge is -2.33. The first-order valence-electron chi connectivity index (χ1n) is 7.62. The molecule has 1 aromatic heterocycles. The Kier molecular flexibility index (Phi) is 5.62. The number of rotatable bonds is 4. The number of pyridine rings is 1. The van der Waals surface area contributed by atoms with Crippen LogP contribution in [-0.2, 0) is 4.79 Å². The zero-order chi connectivity index (χ0) is 15.4. The molecule has 0 unspecified atom stereocenters. The van der Waals surface area contributed by atoms with Gasteiger partial charge in [-0.2, -0.15) is 0 Å². The number of piperidine rings is 1. The number of amides is 1. The topological polar surface area (TPSA) is 45.2 Å². The monoisotopic (exact) mass is 353 g/mol. The summed E-state index contributed by atoms with van der Waals surface area (Å²) >= 11 is 3.43. The van der Waals surface area contributed by atoms with Gasteiger partial charge in [0.25, 0.3) is 0 Å². The SMILES string of the molecule is Cc1cc(Br)cnc1NC1CCN(C(=O)CC(C)C)CC1. The van der Waals surface area contributed by atoms with E-state index < -0.39 is 0 Å². The Balaban J connectivity index is 1.85. The molecular weight excluding hydrogens is 330 g/mol. The smallest absolute Gasteiger partial charge is 0.222 e. The third-order valence-corrected chi connectivity index (χ3v) is 4.25. The largest absolute Gasteiger partial charge is 0.367 e. The van der Waals surface area contributed by atoms with Crippen LogP contribution in [0.2, 0.25) is 0 Å². The van der Waals surface area contributed by atoms with E-state index in [1.807, 2.05) is 11.1 Å². The van der Waals surface area contributed by atoms with E-state index in [9.17, 15) is 4.79 Å². The van der Waals surface area contributed by atoms with Crippen LogP contribution >= 0.6 is 15.9 Å². The molecule has 21 heavy (non-hydrogen) atoms. The standard InChI is InChI=1S/C16H24BrN3O/c1-11(2)8-15(21)20-6-4-14(5-7-20)19-16-12(3)9-13(17)10-18-16/h9-11,14H,4-8H2,1-3H3,(H,18,19). The Hall–Kier alpha value is -1.10. The Morgan fingerprint density at radius 1 is 1.48 bits per heavy atom. The number of aryl methyl sites for hydroxylation is 1. The molecule has 0 aliphatic carbocycles. The summed E-state index contributed by atoms with van der Waals surface area (Å²) in [6, 6.07) is 2.47. The number of nitrogens with zero attached hydrogens (tertiary/aromatic N) is 2. The third-order valence-electron chi connectivity index (χ3n) is 3.82. The van der Waals surface area contributed by atoms with Crippen LogP contribution in [0.3, 0.4) is 0 Å². The summed E-state index contributed by atoms with van der Waals surface area (Å²) in [4.78, 5) is 18.5. The molecule has 1 saturated heterocycles. The maximum Gasteiger partial charge on any atom is 0.222 e. The van der Waals surface area contributed by atoms with Crippen LogP contribution in [-0.4, -0.2) is 34.9 Å². The average molecular weight is 354 g/mol. The van der Waals surface area contributed by atoms with E-state index in [-0.39, 0.29) is 0 Å². The van der Waals surface area contributed by atoms with Gasteiger partial charge in [-0.15, -0.1) is 0 Å². The molecule has 0 saturated carbocycles. The first kappa shape index (κ1) is 16.3. The molecule has 0 radical (unpaired) electrons. The van der Waals surface area contributed by atoms with Crippen molar-refractivity contribution in [1.29, 1.82) is 0 Å². The first-order valence-corrected chi connectivity index (χ1v) is 8.41. The molecule has 1 aromatic rings. The highest BCUT2D eigenvalue weighted by Crippen LogP contribution is 2.21. The van der Waals surface area contributed by atoms with Crippen molar-refractivity contribution in [3.63, 3.8) is 0 Å². The lowest BCUT2D eigenvalue weighted by Crippen LogP contribution is -2.42. The van der Waals surface area contributed by atoms with Gasteiger partial charge in [0, 0.05) is 36.2 Å². The van der Waals surface area contributed by atoms with Crippen LogP contribution in [0.25, 0.3) is 0 Å². The van der Waals surface area contributed by atoms with E-state index in [4.69, 9.17) is 0 Å². The molecule has 0 bridgehead atoms. The number of hydrogen-bond donors (Lipinski definition) is 1. The third kappa shape index (κ3) is 4.70. The molecule has 0 atom stereocenters. The van der Waals surface area contributed by atoms with Crippen LogP contribution in [0.1, 0.15) is 38.7 Å². The summed E-state index contributed by atoms with van der Waals surface area (Å²) in [5.41, 5.74) is 1.14. The fourth-order valence-electron chi connectivity index (χ4n) is 2.64. The molecule has 2 heterocycles. The van der Waals surface area contributed by atoms with Crippen molar-refractivity contribution >= 4 is 27.7 Å². The normalized spacial score (nSPS) is 16.3. The van der Waals surface area contributed by atoms with Crippen molar-refractivity contribution in [1.82, 2.24) is 9.88 Å². The number of carbonyl (C=O) groups is 1. The van der Waals surface area contributed by atoms with Gasteiger partial charge in [0.1, 0.15) is 5.82 Å². The van der Waals surface area contributed by atoms with Gasteiger partial charge in [-0.3, -0.25) is 4.79 Å². The molecule has 5 heteroatoms. The van der Waals surface area contributed by atoms with Gasteiger partial charge in [0.05, 0.1) is 0 Å². The van der Waals surface area contributed by atoms with Crippen LogP contribution in [0.15, 0.2) is 16.7 Å². The molecule has 0 aromatic carbocycles. The number of anilines is 1. The number of carbonyl (C=O) groups excluding carboxylic acids is 1. The van der Waals surface area contributed by atoms with Gasteiger partial charge >= 0.3 is 0 Å². The zero-order valence-corrected chi connectivity index (χ0v) is 14.6. The highest BCUT2D eigenvalue weighted by molar-refractivity contribution is 9.10. The number of aromatic nitrogens is 1. The van der Waals surface area contributed by atoms with Crippen LogP contribution in [0.4, 0.5) is 5.82 Å². The van der Waals surface area contributed by atoms with Crippen LogP contribution in [0.5, 0.6) is 0 Å². The van der Waals surface area contributed by atoms with E-state index in [0.717, 1.165) is 41.8 Å². The second-order valence-corrected chi connectivity index (χ2v) is 7.13. The molecule has 2 rings (SSSR count). The quantitative estimate of drug-likeness (QED) is 0.899. The van der Waals surface area contributed by atoms with Gasteiger partial charge < -0.3 is 10.2 Å². The predicted molar refractivity (Wildman–Crippen MR) is 89.4 cm³/mol. The summed E-state index contributed by atoms with van der Waals surface area (Å²) in [5.74, 6) is 1.68. The minimum absolute atomic E-state index is 0.293. The minimum atomic E-state index is 0.293. The van der Waals surface area contributed by atoms with E-state index in [1.165, 1.54) is 0 Å². The van der Waals surface area contributed by atoms with Crippen molar-refractivity contribution in [3.05, 3.63) is 22.3 Å². The highest BCUT2D eigenvalue weighted by atomic mass is 79.9. The van der Waals surface area contributed by atoms with Crippen LogP contribution in [0, 0.1) is 12.8 Å². The Morgan fingerprint density at radius 3 is 2.71 bits per heavy atom. The van der Waals surface area contributed by atoms with Gasteiger partial charge in [0.2, 0.25) is 5.91 Å². The number of halogens is 1. The molecular formula is C16H24BrN3O. The molecule has 0 spiro atoms. The van der Waals surface area contributed by atoms with Crippen molar-refractivity contribution in [2.45, 2.75) is 46.1 Å². The number of hydrogen-bond acceptors (Lipinski definition) is 3. The summed E-state index contributed by atoms with van der Waals surface area (Å²) in [6.45, 7) is 7.93. The maximum atomic E-state index is 12.1. The van der Waals surface area contributed by atoms with Crippen LogP contribution < -0.4 is 5.32 Å². The van der Waals surface area contributed by atoms with Crippen molar-refractivity contribution in [2.75, 3.05) is 18.4 Å². The predicted octanol–water partition coefficient (Wildman–Crippen LogP) is 3.60. The molecule has 4 nitrogen and oxygen atoms in total. The second kappa shape index (κ2) is 7.25. The molecule has 1 amide bonds. The van der Waals surface area contributed by atoms with E-state index in [2.05, 4.69) is 53.1 Å². The summed E-state index contributed by atoms with van der Waals surface area (Å²) < 4.78 is 1.000. The molecule has 1 N–H and O–H groups in total. The van der Waals surface area contributed by atoms with Gasteiger partial charge in [-0.05, 0) is 53.2 Å². The molecule has 1 fully saturated rings. The fraction of sp³-hybridized carbons (Fsp3) is 0.625. The summed E-state index contributed by atoms with van der Waals surface area (Å²) in [6.07, 6.45) is 4.45. The first-order chi connectivity index (χ1) is 9.95. The zero-order valence-electron chi connectivity index (χ0n) is 13.0. The van der Waals surface area contributed by atoms with Crippen molar-refractivity contribution in [3.8, 4) is 0 Å². The highest BCUT2D eigenvalue weighted by Gasteiger charge is 2.23. The summed E-state index contributed by atoms with van der Waals surface area (Å²) in [7, 11) is 0. The van der Waals surface area contributed by atoms with Crippen molar-refractivity contribution in [2.24, 2.45) is 5.92 Å². The van der Waals surface area contributed by atoms with E-state index >= 15 is 0 Å². The Morgan fingerprint density at radius 2 is 2.14 bits per heavy atom. The van der Waals surface area contributed by atoms with E-state index in [0.29, 0.717) is 24.3 Å². The van der Waals surface area contributed by atoms with Crippen molar-refractivity contribution < 1.29 is 4.79 Å². The Labute approximate surface area is 135 Å². The van der Waals surface area contributed by atoms with Gasteiger partial charge in [0.15, 0.2) is 0 Å². The summed E-state index contributed by atoms with van der Waals surface area (Å²) in [5, 5.41) is 3.51. The lowest BCUT2D eigenvalue weighted by molar-refractivity contribution is -0.132. The minimum Gasteiger partial charge on any atom is -0.367 e. The van der Waals surface area contributed by atoms with Gasteiger partial charge in [-0.1, -0.05) is 13.8 Å². The fourth-order valence-corrected chi connectivity index (χ4v) is 3.08. The maximum absolute atomic E-state index is 12.1. The Bertz CT molecular complexity index is 496. The molecule has 116 valence electrons. The number of nitrogens with one attached hydrogen (secondary N) is 1. The molecule has 1 aliphatic rings. The lowest BCUT2D eigenvalue weighted by atomic mass is 10.0.